The Labute approximate surface area is 157 Å². The van der Waals surface area contributed by atoms with Crippen molar-refractivity contribution in [2.75, 3.05) is 11.9 Å². The molecule has 3 aromatic rings. The number of amides is 1. The average Bonchev–Trinajstić information content (AvgIpc) is 3.02. The molecular formula is C21H22N2O2S. The van der Waals surface area contributed by atoms with Gasteiger partial charge in [0.25, 0.3) is 0 Å². The molecule has 0 aliphatic rings. The van der Waals surface area contributed by atoms with Crippen LogP contribution in [-0.2, 0) is 4.79 Å². The molecule has 0 atom stereocenters. The number of carbonyl (C=O) groups is 1. The molecule has 4 nitrogen and oxygen atoms in total. The Morgan fingerprint density at radius 2 is 2.00 bits per heavy atom. The summed E-state index contributed by atoms with van der Waals surface area (Å²) in [7, 11) is 0. The van der Waals surface area contributed by atoms with Crippen molar-refractivity contribution >= 4 is 38.7 Å². The molecule has 1 heterocycles. The van der Waals surface area contributed by atoms with E-state index in [1.165, 1.54) is 23.0 Å². The molecule has 5 heteroatoms. The molecule has 134 valence electrons. The normalized spacial score (nSPS) is 11.4. The van der Waals surface area contributed by atoms with Gasteiger partial charge in [0.2, 0.25) is 5.91 Å². The maximum Gasteiger partial charge on any atom is 0.250 e. The van der Waals surface area contributed by atoms with Gasteiger partial charge >= 0.3 is 0 Å². The Hall–Kier alpha value is -2.66. The predicted octanol–water partition coefficient (Wildman–Crippen LogP) is 5.47. The number of thiazole rings is 1. The molecule has 0 radical (unpaired) electrons. The van der Waals surface area contributed by atoms with Gasteiger partial charge < -0.3 is 4.74 Å². The van der Waals surface area contributed by atoms with Crippen molar-refractivity contribution in [2.45, 2.75) is 26.7 Å². The molecule has 1 aromatic heterocycles. The van der Waals surface area contributed by atoms with Gasteiger partial charge in [-0.25, -0.2) is 4.98 Å². The van der Waals surface area contributed by atoms with Gasteiger partial charge in [0, 0.05) is 6.08 Å². The second-order valence-electron chi connectivity index (χ2n) is 6.23. The number of nitrogens with zero attached hydrogens (tertiary/aromatic N) is 1. The predicted molar refractivity (Wildman–Crippen MR) is 109 cm³/mol. The number of hydrogen-bond acceptors (Lipinski definition) is 4. The maximum atomic E-state index is 12.2. The van der Waals surface area contributed by atoms with Crippen LogP contribution >= 0.6 is 11.3 Å². The smallest absolute Gasteiger partial charge is 0.250 e. The molecule has 0 unspecified atom stereocenters. The van der Waals surface area contributed by atoms with E-state index in [2.05, 4.69) is 36.3 Å². The number of ether oxygens (including phenoxy) is 1. The summed E-state index contributed by atoms with van der Waals surface area (Å²) >= 11 is 1.44. The Morgan fingerprint density at radius 1 is 1.23 bits per heavy atom. The van der Waals surface area contributed by atoms with Crippen LogP contribution in [0, 0.1) is 0 Å². The molecule has 0 saturated heterocycles. The van der Waals surface area contributed by atoms with Gasteiger partial charge in [-0.05, 0) is 48.2 Å². The van der Waals surface area contributed by atoms with Gasteiger partial charge in [-0.15, -0.1) is 0 Å². The van der Waals surface area contributed by atoms with Crippen LogP contribution in [0.5, 0.6) is 5.75 Å². The lowest BCUT2D eigenvalue weighted by molar-refractivity contribution is -0.111. The van der Waals surface area contributed by atoms with E-state index in [1.54, 1.807) is 6.08 Å². The lowest BCUT2D eigenvalue weighted by atomic mass is 10.0. The Kier molecular flexibility index (Phi) is 5.68. The van der Waals surface area contributed by atoms with Crippen LogP contribution in [0.3, 0.4) is 0 Å². The van der Waals surface area contributed by atoms with Gasteiger partial charge in [0.05, 0.1) is 16.8 Å². The van der Waals surface area contributed by atoms with Crippen LogP contribution < -0.4 is 10.1 Å². The zero-order chi connectivity index (χ0) is 18.5. The molecule has 2 aromatic carbocycles. The second-order valence-corrected chi connectivity index (χ2v) is 7.26. The fraction of sp³-hybridized carbons (Fsp3) is 0.238. The van der Waals surface area contributed by atoms with Crippen LogP contribution in [0.15, 0.2) is 48.5 Å². The highest BCUT2D eigenvalue weighted by atomic mass is 32.1. The van der Waals surface area contributed by atoms with Gasteiger partial charge in [-0.2, -0.15) is 0 Å². The highest BCUT2D eigenvalue weighted by Crippen LogP contribution is 2.29. The zero-order valence-electron chi connectivity index (χ0n) is 15.2. The minimum Gasteiger partial charge on any atom is -0.494 e. The molecule has 0 spiro atoms. The third kappa shape index (κ3) is 4.49. The zero-order valence-corrected chi connectivity index (χ0v) is 16.0. The largest absolute Gasteiger partial charge is 0.494 e. The molecule has 0 bridgehead atoms. The Bertz CT molecular complexity index is 927. The number of nitrogens with one attached hydrogen (secondary N) is 1. The van der Waals surface area contributed by atoms with Crippen LogP contribution in [0.1, 0.15) is 37.8 Å². The number of fused-ring (bicyclic) bond motifs is 1. The summed E-state index contributed by atoms with van der Waals surface area (Å²) in [6.45, 7) is 6.89. The van der Waals surface area contributed by atoms with Crippen LogP contribution in [0.2, 0.25) is 0 Å². The van der Waals surface area contributed by atoms with Crippen LogP contribution in [-0.4, -0.2) is 17.5 Å². The van der Waals surface area contributed by atoms with E-state index in [-0.39, 0.29) is 5.91 Å². The van der Waals surface area contributed by atoms with Gasteiger partial charge in [0.1, 0.15) is 5.75 Å². The molecule has 0 aliphatic heterocycles. The minimum absolute atomic E-state index is 0.193. The first-order valence-electron chi connectivity index (χ1n) is 8.67. The van der Waals surface area contributed by atoms with E-state index in [0.29, 0.717) is 17.7 Å². The first-order chi connectivity index (χ1) is 12.5. The number of aromatic nitrogens is 1. The van der Waals surface area contributed by atoms with Crippen molar-refractivity contribution in [3.63, 3.8) is 0 Å². The number of hydrogen-bond donors (Lipinski definition) is 1. The maximum absolute atomic E-state index is 12.2. The van der Waals surface area contributed by atoms with Crippen LogP contribution in [0.25, 0.3) is 16.3 Å². The topological polar surface area (TPSA) is 51.2 Å². The number of anilines is 1. The lowest BCUT2D eigenvalue weighted by Gasteiger charge is -2.04. The van der Waals surface area contributed by atoms with Crippen molar-refractivity contribution in [1.82, 2.24) is 4.98 Å². The minimum atomic E-state index is -0.193. The lowest BCUT2D eigenvalue weighted by Crippen LogP contribution is -2.07. The standard InChI is InChI=1S/C21H22N2O2S/c1-4-25-17-10-11-18-19(13-17)26-21(22-18)23-20(24)12-7-15-5-8-16(9-6-15)14(2)3/h5-14H,4H2,1-3H3,(H,22,23,24)/b12-7+. The van der Waals surface area contributed by atoms with E-state index in [9.17, 15) is 4.79 Å². The summed E-state index contributed by atoms with van der Waals surface area (Å²) in [6.07, 6.45) is 3.34. The first kappa shape index (κ1) is 18.1. The van der Waals surface area contributed by atoms with Gasteiger partial charge in [-0.3, -0.25) is 10.1 Å². The molecule has 0 saturated carbocycles. The SMILES string of the molecule is CCOc1ccc2nc(NC(=O)/C=C/c3ccc(C(C)C)cc3)sc2c1. The summed E-state index contributed by atoms with van der Waals surface area (Å²) in [4.78, 5) is 16.6. The summed E-state index contributed by atoms with van der Waals surface area (Å²) in [5.74, 6) is 1.12. The number of benzene rings is 2. The fourth-order valence-corrected chi connectivity index (χ4v) is 3.42. The van der Waals surface area contributed by atoms with E-state index in [4.69, 9.17) is 4.74 Å². The van der Waals surface area contributed by atoms with Gasteiger partial charge in [0.15, 0.2) is 5.13 Å². The molecule has 1 N–H and O–H groups in total. The summed E-state index contributed by atoms with van der Waals surface area (Å²) in [5.41, 5.74) is 3.13. The molecule has 0 fully saturated rings. The Morgan fingerprint density at radius 3 is 2.69 bits per heavy atom. The van der Waals surface area contributed by atoms with Crippen molar-refractivity contribution in [3.8, 4) is 5.75 Å². The van der Waals surface area contributed by atoms with Crippen molar-refractivity contribution in [3.05, 3.63) is 59.7 Å². The fourth-order valence-electron chi connectivity index (χ4n) is 2.53. The third-order valence-corrected chi connectivity index (χ3v) is 4.86. The van der Waals surface area contributed by atoms with E-state index < -0.39 is 0 Å². The average molecular weight is 366 g/mol. The van der Waals surface area contributed by atoms with Crippen molar-refractivity contribution in [1.29, 1.82) is 0 Å². The summed E-state index contributed by atoms with van der Waals surface area (Å²) in [6, 6.07) is 13.9. The second kappa shape index (κ2) is 8.15. The number of carbonyl (C=O) groups excluding carboxylic acids is 1. The molecule has 1 amide bonds. The third-order valence-electron chi connectivity index (χ3n) is 3.93. The highest BCUT2D eigenvalue weighted by Gasteiger charge is 2.07. The summed E-state index contributed by atoms with van der Waals surface area (Å²) < 4.78 is 6.48. The quantitative estimate of drug-likeness (QED) is 0.589. The van der Waals surface area contributed by atoms with Gasteiger partial charge in [-0.1, -0.05) is 49.4 Å². The Balaban J connectivity index is 1.66. The molecule has 0 aliphatic carbocycles. The molecule has 3 rings (SSSR count). The van der Waals surface area contributed by atoms with Crippen molar-refractivity contribution in [2.24, 2.45) is 0 Å². The van der Waals surface area contributed by atoms with E-state index >= 15 is 0 Å². The van der Waals surface area contributed by atoms with Crippen LogP contribution in [0.4, 0.5) is 5.13 Å². The molecule has 26 heavy (non-hydrogen) atoms. The number of rotatable bonds is 6. The van der Waals surface area contributed by atoms with E-state index in [0.717, 1.165) is 21.5 Å². The van der Waals surface area contributed by atoms with E-state index in [1.807, 2.05) is 37.3 Å². The highest BCUT2D eigenvalue weighted by molar-refractivity contribution is 7.22. The first-order valence-corrected chi connectivity index (χ1v) is 9.49. The monoisotopic (exact) mass is 366 g/mol. The summed E-state index contributed by atoms with van der Waals surface area (Å²) in [5, 5.41) is 3.41. The molecular weight excluding hydrogens is 344 g/mol. The van der Waals surface area contributed by atoms with Crippen molar-refractivity contribution < 1.29 is 9.53 Å².